The number of ether oxygens (including phenoxy) is 2. The fourth-order valence-corrected chi connectivity index (χ4v) is 3.86. The second kappa shape index (κ2) is 13.3. The zero-order valence-corrected chi connectivity index (χ0v) is 23.4. The summed E-state index contributed by atoms with van der Waals surface area (Å²) in [6.07, 6.45) is -4.35. The largest absolute Gasteiger partial charge is 0.446 e. The first-order chi connectivity index (χ1) is 19.7. The van der Waals surface area contributed by atoms with E-state index < -0.39 is 69.5 Å². The number of hydrogen-bond acceptors (Lipinski definition) is 10. The van der Waals surface area contributed by atoms with Crippen molar-refractivity contribution < 1.29 is 42.0 Å². The highest BCUT2D eigenvalue weighted by atomic mass is 35.5. The predicted octanol–water partition coefficient (Wildman–Crippen LogP) is 6.25. The van der Waals surface area contributed by atoms with Gasteiger partial charge in [-0.05, 0) is 38.1 Å². The van der Waals surface area contributed by atoms with E-state index in [-0.39, 0.29) is 17.2 Å². The Morgan fingerprint density at radius 1 is 1.12 bits per heavy atom. The maximum Gasteiger partial charge on any atom is 0.421 e. The number of rotatable bonds is 8. The minimum atomic E-state index is -5.02. The molecule has 18 heteroatoms. The SMILES string of the molecule is CC(C)OC(=O)N(C)SN(C(=O)NC(=O)c1ccccc1[N+](=O)[O-])c1ccc(Oc2ncc(Cl)cn2)c(C(F)(F)F)c1. The third-order valence-corrected chi connectivity index (χ3v) is 5.98. The van der Waals surface area contributed by atoms with E-state index in [1.807, 2.05) is 5.32 Å². The normalized spacial score (nSPS) is 11.0. The molecule has 0 atom stereocenters. The fourth-order valence-electron chi connectivity index (χ4n) is 3.08. The number of carbonyl (C=O) groups excluding carboxylic acids is 3. The molecule has 0 aliphatic rings. The highest BCUT2D eigenvalue weighted by molar-refractivity contribution is 7.99. The van der Waals surface area contributed by atoms with Crippen LogP contribution in [0.5, 0.6) is 11.8 Å². The number of amides is 4. The highest BCUT2D eigenvalue weighted by Crippen LogP contribution is 2.41. The van der Waals surface area contributed by atoms with Gasteiger partial charge in [0.15, 0.2) is 0 Å². The third-order valence-electron chi connectivity index (χ3n) is 4.85. The molecule has 0 bridgehead atoms. The smallest absolute Gasteiger partial charge is 0.421 e. The highest BCUT2D eigenvalue weighted by Gasteiger charge is 2.37. The first kappa shape index (κ1) is 31.9. The van der Waals surface area contributed by atoms with Gasteiger partial charge in [-0.15, -0.1) is 0 Å². The number of alkyl halides is 3. The molecule has 2 aromatic carbocycles. The number of benzene rings is 2. The summed E-state index contributed by atoms with van der Waals surface area (Å²) in [7, 11) is 1.17. The lowest BCUT2D eigenvalue weighted by molar-refractivity contribution is -0.385. The number of aromatic nitrogens is 2. The number of anilines is 1. The zero-order valence-electron chi connectivity index (χ0n) is 21.8. The van der Waals surface area contributed by atoms with Crippen molar-refractivity contribution in [1.82, 2.24) is 19.6 Å². The number of para-hydroxylation sites is 1. The van der Waals surface area contributed by atoms with Crippen LogP contribution in [-0.2, 0) is 10.9 Å². The molecule has 1 aromatic heterocycles. The van der Waals surface area contributed by atoms with Crippen LogP contribution in [0.2, 0.25) is 5.02 Å². The molecule has 3 aromatic rings. The first-order valence-corrected chi connectivity index (χ1v) is 12.7. The van der Waals surface area contributed by atoms with Gasteiger partial charge in [-0.2, -0.15) is 13.2 Å². The Morgan fingerprint density at radius 3 is 2.36 bits per heavy atom. The molecule has 1 N–H and O–H groups in total. The molecule has 0 saturated carbocycles. The first-order valence-electron chi connectivity index (χ1n) is 11.5. The van der Waals surface area contributed by atoms with E-state index in [0.717, 1.165) is 41.0 Å². The van der Waals surface area contributed by atoms with Crippen LogP contribution < -0.4 is 14.4 Å². The lowest BCUT2D eigenvalue weighted by Gasteiger charge is -2.27. The monoisotopic (exact) mass is 628 g/mol. The van der Waals surface area contributed by atoms with Gasteiger partial charge < -0.3 is 9.47 Å². The molecule has 0 fully saturated rings. The van der Waals surface area contributed by atoms with Crippen LogP contribution in [0.3, 0.4) is 0 Å². The van der Waals surface area contributed by atoms with Crippen molar-refractivity contribution in [2.45, 2.75) is 26.1 Å². The van der Waals surface area contributed by atoms with E-state index >= 15 is 0 Å². The summed E-state index contributed by atoms with van der Waals surface area (Å²) in [5.74, 6) is -1.95. The van der Waals surface area contributed by atoms with Gasteiger partial charge in [-0.1, -0.05) is 23.7 Å². The second-order valence-corrected chi connectivity index (χ2v) is 9.82. The van der Waals surface area contributed by atoms with Gasteiger partial charge in [0.05, 0.1) is 46.3 Å². The molecule has 0 saturated heterocycles. The summed E-state index contributed by atoms with van der Waals surface area (Å²) < 4.78 is 53.8. The summed E-state index contributed by atoms with van der Waals surface area (Å²) in [5, 5.41) is 13.3. The quantitative estimate of drug-likeness (QED) is 0.172. The van der Waals surface area contributed by atoms with E-state index in [2.05, 4.69) is 9.97 Å². The van der Waals surface area contributed by atoms with Crippen molar-refractivity contribution in [3.63, 3.8) is 0 Å². The Kier molecular flexibility index (Phi) is 10.1. The van der Waals surface area contributed by atoms with Crippen molar-refractivity contribution in [2.75, 3.05) is 11.4 Å². The lowest BCUT2D eigenvalue weighted by Crippen LogP contribution is -2.42. The Hall–Kier alpha value is -4.64. The molecule has 13 nitrogen and oxygen atoms in total. The van der Waals surface area contributed by atoms with Crippen molar-refractivity contribution >= 4 is 53.1 Å². The van der Waals surface area contributed by atoms with Crippen LogP contribution in [0.1, 0.15) is 29.8 Å². The Labute approximate surface area is 245 Å². The molecule has 42 heavy (non-hydrogen) atoms. The van der Waals surface area contributed by atoms with Gasteiger partial charge in [0, 0.05) is 13.1 Å². The van der Waals surface area contributed by atoms with E-state index in [4.69, 9.17) is 21.1 Å². The van der Waals surface area contributed by atoms with Gasteiger partial charge in [0.25, 0.3) is 11.6 Å². The molecule has 4 amide bonds. The minimum absolute atomic E-state index is 0.114. The molecule has 0 spiro atoms. The van der Waals surface area contributed by atoms with Crippen LogP contribution in [0.25, 0.3) is 0 Å². The van der Waals surface area contributed by atoms with Gasteiger partial charge in [-0.25, -0.2) is 28.2 Å². The Balaban J connectivity index is 2.02. The van der Waals surface area contributed by atoms with E-state index in [1.165, 1.54) is 19.2 Å². The summed E-state index contributed by atoms with van der Waals surface area (Å²) in [6.45, 7) is 3.09. The molecule has 0 unspecified atom stereocenters. The number of nitrogens with one attached hydrogen (secondary N) is 1. The zero-order chi connectivity index (χ0) is 31.2. The third kappa shape index (κ3) is 8.20. The molecule has 0 aliphatic carbocycles. The number of imide groups is 1. The van der Waals surface area contributed by atoms with Gasteiger partial charge in [0.2, 0.25) is 0 Å². The number of urea groups is 1. The average molecular weight is 629 g/mol. The second-order valence-electron chi connectivity index (χ2n) is 8.30. The summed E-state index contributed by atoms with van der Waals surface area (Å²) in [5.41, 5.74) is -2.94. The van der Waals surface area contributed by atoms with Gasteiger partial charge in [0.1, 0.15) is 16.9 Å². The minimum Gasteiger partial charge on any atom is -0.446 e. The van der Waals surface area contributed by atoms with Crippen LogP contribution in [0.4, 0.5) is 34.1 Å². The number of nitrogens with zero attached hydrogens (tertiary/aromatic N) is 5. The molecular weight excluding hydrogens is 609 g/mol. The van der Waals surface area contributed by atoms with Gasteiger partial charge in [-0.3, -0.25) is 20.2 Å². The van der Waals surface area contributed by atoms with Crippen molar-refractivity contribution in [3.05, 3.63) is 81.1 Å². The Bertz CT molecular complexity index is 1490. The molecule has 0 aliphatic heterocycles. The molecular formula is C24H20ClF3N6O7S. The lowest BCUT2D eigenvalue weighted by atomic mass is 10.1. The van der Waals surface area contributed by atoms with Crippen LogP contribution in [0, 0.1) is 10.1 Å². The van der Waals surface area contributed by atoms with E-state index in [0.29, 0.717) is 10.4 Å². The average Bonchev–Trinajstić information content (AvgIpc) is 2.92. The van der Waals surface area contributed by atoms with Crippen LogP contribution in [-0.4, -0.2) is 50.4 Å². The maximum atomic E-state index is 14.1. The van der Waals surface area contributed by atoms with Gasteiger partial charge >= 0.3 is 24.3 Å². The van der Waals surface area contributed by atoms with Crippen molar-refractivity contribution in [1.29, 1.82) is 0 Å². The molecule has 1 heterocycles. The number of nitro benzene ring substituents is 1. The van der Waals surface area contributed by atoms with Crippen molar-refractivity contribution in [2.24, 2.45) is 0 Å². The predicted molar refractivity (Wildman–Crippen MR) is 144 cm³/mol. The topological polar surface area (TPSA) is 157 Å². The standard InChI is InChI=1S/C24H20ClF3N6O7S/c1-13(2)40-23(37)32(3)42-33(22(36)31-20(35)16-6-4-5-7-18(16)34(38)39)15-8-9-19(17(10-15)24(26,27)28)41-21-29-11-14(25)12-30-21/h4-13H,1-3H3,(H,31,35,36). The number of hydrogen-bond donors (Lipinski definition) is 1. The summed E-state index contributed by atoms with van der Waals surface area (Å²) in [4.78, 5) is 56.3. The van der Waals surface area contributed by atoms with E-state index in [1.54, 1.807) is 13.8 Å². The number of carbonyl (C=O) groups is 3. The van der Waals surface area contributed by atoms with Crippen LogP contribution >= 0.6 is 23.7 Å². The molecule has 0 radical (unpaired) electrons. The van der Waals surface area contributed by atoms with Crippen LogP contribution in [0.15, 0.2) is 54.9 Å². The molecule has 3 rings (SSSR count). The molecule has 222 valence electrons. The maximum absolute atomic E-state index is 14.1. The fraction of sp³-hybridized carbons (Fsp3) is 0.208. The number of nitro groups is 1. The number of halogens is 4. The Morgan fingerprint density at radius 2 is 1.76 bits per heavy atom. The van der Waals surface area contributed by atoms with Crippen molar-refractivity contribution in [3.8, 4) is 11.8 Å². The van der Waals surface area contributed by atoms with E-state index in [9.17, 15) is 37.7 Å². The summed E-state index contributed by atoms with van der Waals surface area (Å²) >= 11 is 5.97. The summed E-state index contributed by atoms with van der Waals surface area (Å²) in [6, 6.07) is 5.35.